The Morgan fingerprint density at radius 1 is 0.338 bits per heavy atom. The van der Waals surface area contributed by atoms with E-state index in [1.54, 1.807) is 0 Å². The molecule has 1 aliphatic carbocycles. The van der Waals surface area contributed by atoms with Crippen LogP contribution >= 0.6 is 34.4 Å². The zero-order valence-electron chi connectivity index (χ0n) is 39.8. The third-order valence-electron chi connectivity index (χ3n) is 15.5. The van der Waals surface area contributed by atoms with Gasteiger partial charge in [-0.1, -0.05) is 139 Å². The van der Waals surface area contributed by atoms with Gasteiger partial charge in [-0.15, -0.1) is 22.7 Å². The molecule has 0 fully saturated rings. The number of hydrogen-bond acceptors (Lipinski definition) is 6. The summed E-state index contributed by atoms with van der Waals surface area (Å²) in [5, 5.41) is 9.44. The Hall–Kier alpha value is -8.59. The van der Waals surface area contributed by atoms with E-state index in [1.807, 2.05) is 34.4 Å². The monoisotopic (exact) mass is 998 g/mol. The van der Waals surface area contributed by atoms with Gasteiger partial charge in [0, 0.05) is 64.1 Å². The predicted molar refractivity (Wildman–Crippen MR) is 313 cm³/mol. The van der Waals surface area contributed by atoms with Crippen molar-refractivity contribution in [3.63, 3.8) is 0 Å². The van der Waals surface area contributed by atoms with Crippen LogP contribution < -0.4 is 14.7 Å². The summed E-state index contributed by atoms with van der Waals surface area (Å²) in [4.78, 5) is 12.7. The number of fused-ring (bicyclic) bond motifs is 15. The third-order valence-corrected chi connectivity index (χ3v) is 18.6. The Labute approximate surface area is 440 Å². The highest BCUT2D eigenvalue weighted by Gasteiger charge is 2.53. The number of anilines is 9. The van der Waals surface area contributed by atoms with Crippen molar-refractivity contribution in [1.82, 2.24) is 4.57 Å². The maximum atomic E-state index is 2.60. The van der Waals surface area contributed by atoms with Gasteiger partial charge in [0.2, 0.25) is 0 Å². The first-order valence-electron chi connectivity index (χ1n) is 25.1. The normalized spacial score (nSPS) is 13.7. The van der Waals surface area contributed by atoms with Gasteiger partial charge in [0.05, 0.1) is 44.9 Å². The minimum absolute atomic E-state index is 0.616. The van der Waals surface area contributed by atoms with Crippen LogP contribution in [-0.4, -0.2) is 4.57 Å². The smallest absolute Gasteiger partial charge is 0.0771 e. The molecule has 10 aromatic carbocycles. The summed E-state index contributed by atoms with van der Waals surface area (Å²) in [7, 11) is 0. The lowest BCUT2D eigenvalue weighted by Gasteiger charge is -2.45. The summed E-state index contributed by atoms with van der Waals surface area (Å²) in [6, 6.07) is 90.2. The number of benzene rings is 10. The molecule has 4 nitrogen and oxygen atoms in total. The van der Waals surface area contributed by atoms with E-state index in [2.05, 4.69) is 273 Å². The van der Waals surface area contributed by atoms with E-state index in [4.69, 9.17) is 0 Å². The van der Waals surface area contributed by atoms with E-state index >= 15 is 0 Å². The molecule has 0 bridgehead atoms. The van der Waals surface area contributed by atoms with E-state index < -0.39 is 5.41 Å². The molecular weight excluding hydrogens is 957 g/mol. The lowest BCUT2D eigenvalue weighted by Crippen LogP contribution is -2.36. The quantitative estimate of drug-likeness (QED) is 0.165. The largest absolute Gasteiger partial charge is 0.310 e. The number of aromatic nitrogens is 1. The first kappa shape index (κ1) is 42.0. The Balaban J connectivity index is 1.01. The number of rotatable bonds is 6. The van der Waals surface area contributed by atoms with Crippen molar-refractivity contribution in [3.05, 3.63) is 276 Å². The fourth-order valence-corrected chi connectivity index (χ4v) is 15.7. The maximum absolute atomic E-state index is 2.60. The molecule has 13 aromatic rings. The van der Waals surface area contributed by atoms with E-state index in [1.165, 1.54) is 91.4 Å². The Morgan fingerprint density at radius 2 is 0.919 bits per heavy atom. The van der Waals surface area contributed by atoms with Crippen LogP contribution in [0.3, 0.4) is 0 Å². The highest BCUT2D eigenvalue weighted by atomic mass is 32.2. The molecule has 0 radical (unpaired) electrons. The maximum Gasteiger partial charge on any atom is 0.0771 e. The molecule has 3 aromatic heterocycles. The van der Waals surface area contributed by atoms with Crippen LogP contribution in [0.5, 0.6) is 0 Å². The van der Waals surface area contributed by atoms with Gasteiger partial charge in [-0.05, 0) is 154 Å². The molecule has 348 valence electrons. The summed E-state index contributed by atoms with van der Waals surface area (Å²) >= 11 is 5.58. The summed E-state index contributed by atoms with van der Waals surface area (Å²) in [5.74, 6) is 0. The zero-order valence-corrected chi connectivity index (χ0v) is 42.2. The molecular formula is C67H42N4S3. The Kier molecular flexibility index (Phi) is 9.19. The molecule has 0 amide bonds. The van der Waals surface area contributed by atoms with Crippen molar-refractivity contribution in [2.24, 2.45) is 0 Å². The fraction of sp³-hybridized carbons (Fsp3) is 0.0149. The van der Waals surface area contributed by atoms with Gasteiger partial charge >= 0.3 is 0 Å². The third kappa shape index (κ3) is 5.91. The second-order valence-corrected chi connectivity index (χ2v) is 22.2. The van der Waals surface area contributed by atoms with Gasteiger partial charge in [-0.2, -0.15) is 0 Å². The van der Waals surface area contributed by atoms with Crippen LogP contribution in [0, 0.1) is 0 Å². The van der Waals surface area contributed by atoms with Crippen molar-refractivity contribution >= 4 is 118 Å². The van der Waals surface area contributed by atoms with Gasteiger partial charge in [0.1, 0.15) is 0 Å². The van der Waals surface area contributed by atoms with Crippen molar-refractivity contribution in [2.75, 3.05) is 14.7 Å². The highest BCUT2D eigenvalue weighted by Crippen LogP contribution is 2.67. The molecule has 0 saturated carbocycles. The van der Waals surface area contributed by atoms with Crippen LogP contribution in [0.2, 0.25) is 0 Å². The lowest BCUT2D eigenvalue weighted by atomic mass is 9.65. The van der Waals surface area contributed by atoms with Crippen LogP contribution in [0.4, 0.5) is 51.2 Å². The van der Waals surface area contributed by atoms with Crippen molar-refractivity contribution < 1.29 is 0 Å². The van der Waals surface area contributed by atoms with Crippen LogP contribution in [-0.2, 0) is 5.41 Å². The van der Waals surface area contributed by atoms with Crippen LogP contribution in [0.25, 0.3) is 48.0 Å². The van der Waals surface area contributed by atoms with Crippen molar-refractivity contribution in [3.8, 4) is 15.4 Å². The molecule has 5 heterocycles. The average Bonchev–Trinajstić information content (AvgIpc) is 4.42. The van der Waals surface area contributed by atoms with E-state index in [-0.39, 0.29) is 0 Å². The number of hydrogen-bond donors (Lipinski definition) is 0. The minimum atomic E-state index is -0.616. The van der Waals surface area contributed by atoms with Gasteiger partial charge in [0.15, 0.2) is 0 Å². The van der Waals surface area contributed by atoms with Crippen LogP contribution in [0.15, 0.2) is 263 Å². The summed E-state index contributed by atoms with van der Waals surface area (Å²) in [5.41, 5.74) is 18.4. The van der Waals surface area contributed by atoms with Gasteiger partial charge in [-0.3, -0.25) is 0 Å². The summed E-state index contributed by atoms with van der Waals surface area (Å²) < 4.78 is 2.52. The number of thiophene rings is 2. The molecule has 0 N–H and O–H groups in total. The summed E-state index contributed by atoms with van der Waals surface area (Å²) in [6.07, 6.45) is 0. The van der Waals surface area contributed by atoms with Crippen molar-refractivity contribution in [2.45, 2.75) is 15.2 Å². The first-order valence-corrected chi connectivity index (χ1v) is 27.6. The molecule has 0 atom stereocenters. The predicted octanol–water partition coefficient (Wildman–Crippen LogP) is 19.6. The second kappa shape index (κ2) is 16.2. The first-order chi connectivity index (χ1) is 36.7. The van der Waals surface area contributed by atoms with E-state index in [0.29, 0.717) is 0 Å². The summed E-state index contributed by atoms with van der Waals surface area (Å²) in [6.45, 7) is 0. The van der Waals surface area contributed by atoms with Crippen LogP contribution in [0.1, 0.15) is 22.3 Å². The lowest BCUT2D eigenvalue weighted by molar-refractivity contribution is 0.757. The highest BCUT2D eigenvalue weighted by molar-refractivity contribution is 7.99. The van der Waals surface area contributed by atoms with E-state index in [9.17, 15) is 0 Å². The average molecular weight is 999 g/mol. The Bertz CT molecular complexity index is 4270. The van der Waals surface area contributed by atoms with E-state index in [0.717, 1.165) is 39.8 Å². The molecule has 3 aliphatic rings. The fourth-order valence-electron chi connectivity index (χ4n) is 12.5. The van der Waals surface area contributed by atoms with Gasteiger partial charge in [-0.25, -0.2) is 0 Å². The van der Waals surface area contributed by atoms with Gasteiger partial charge < -0.3 is 19.3 Å². The zero-order chi connectivity index (χ0) is 48.5. The number of nitrogens with zero attached hydrogens (tertiary/aromatic N) is 4. The molecule has 0 saturated heterocycles. The molecule has 7 heteroatoms. The standard InChI is InChI=1S/C67H42N4S3/c1-3-19-44(20-4-1)68(45-21-5-2-6-22-45)48-33-34-52-61(40-48)71(56-30-15-18-43-17-7-8-25-49(43)56)62-41-51-50-26-9-10-27-57(50)69(60(51)42-55(62)67(52)53-35-37-72-65(53)66-54(67)36-38-73-66)46-23-16-24-47(39-46)70-58-28-11-13-31-63(58)74-64-32-14-12-29-59(64)70/h1-42H. The molecule has 0 unspecified atom stereocenters. The Morgan fingerprint density at radius 3 is 1.65 bits per heavy atom. The number of para-hydroxylation sites is 5. The van der Waals surface area contributed by atoms with Gasteiger partial charge in [0.25, 0.3) is 0 Å². The topological polar surface area (TPSA) is 14.7 Å². The molecule has 1 spiro atoms. The minimum Gasteiger partial charge on any atom is -0.310 e. The molecule has 2 aliphatic heterocycles. The second-order valence-electron chi connectivity index (χ2n) is 19.3. The SMILES string of the molecule is c1ccc(N(c2ccccc2)c2ccc3c(c2)N(c2cccc4ccccc24)c2cc4c5ccccc5n(-c5cccc(N6c7ccccc7Sc7ccccc76)c5)c4cc2C32c3ccsc3-c3sccc32)cc1. The molecule has 74 heavy (non-hydrogen) atoms. The molecule has 16 rings (SSSR count). The van der Waals surface area contributed by atoms with Crippen molar-refractivity contribution in [1.29, 1.82) is 0 Å².